The van der Waals surface area contributed by atoms with Crippen LogP contribution in [0, 0.1) is 30.1 Å². The predicted molar refractivity (Wildman–Crippen MR) is 128 cm³/mol. The van der Waals surface area contributed by atoms with E-state index in [1.165, 1.54) is 0 Å². The molecule has 0 aromatic carbocycles. The number of nitrogens with zero attached hydrogens (tertiary/aromatic N) is 5. The molecule has 8 heteroatoms. The molecule has 4 heterocycles. The highest BCUT2D eigenvalue weighted by Gasteiger charge is 2.52. The van der Waals surface area contributed by atoms with Crippen LogP contribution in [0.3, 0.4) is 0 Å². The molecule has 8 nitrogen and oxygen atoms in total. The molecule has 0 radical (unpaired) electrons. The van der Waals surface area contributed by atoms with Crippen molar-refractivity contribution in [1.82, 2.24) is 25.3 Å². The topological polar surface area (TPSA) is 101 Å². The highest BCUT2D eigenvalue weighted by molar-refractivity contribution is 6.04. The fourth-order valence-corrected chi connectivity index (χ4v) is 5.35. The predicted octanol–water partition coefficient (Wildman–Crippen LogP) is 3.42. The average Bonchev–Trinajstić information content (AvgIpc) is 3.29. The number of carbonyl (C=O) groups excluding carboxylic acids is 2. The molecule has 2 aliphatic heterocycles. The molecule has 0 saturated carbocycles. The van der Waals surface area contributed by atoms with Crippen LogP contribution < -0.4 is 10.2 Å². The SMILES string of the molecule is Cc1ncc(C2=CCC3C(=C2)N(c2cncc([C@H]4C(=O)NCC4C(C)C)n2)C(=O)C3(C)C)cn1. The number of aryl methyl sites for hydroxylation is 1. The van der Waals surface area contributed by atoms with E-state index in [2.05, 4.69) is 40.2 Å². The Morgan fingerprint density at radius 1 is 1.12 bits per heavy atom. The highest BCUT2D eigenvalue weighted by atomic mass is 16.2. The minimum absolute atomic E-state index is 0.0127. The number of aromatic nitrogens is 4. The molecule has 2 unspecified atom stereocenters. The van der Waals surface area contributed by atoms with Gasteiger partial charge in [-0.3, -0.25) is 19.5 Å². The summed E-state index contributed by atoms with van der Waals surface area (Å²) in [5.74, 6) is 1.25. The molecule has 3 atom stereocenters. The molecule has 2 fully saturated rings. The summed E-state index contributed by atoms with van der Waals surface area (Å²) in [5, 5.41) is 2.97. The summed E-state index contributed by atoms with van der Waals surface area (Å²) in [7, 11) is 0. The molecule has 0 bridgehead atoms. The molecule has 176 valence electrons. The fraction of sp³-hybridized carbons (Fsp3) is 0.462. The van der Waals surface area contributed by atoms with Gasteiger partial charge in [0.05, 0.1) is 23.2 Å². The van der Waals surface area contributed by atoms with Crippen LogP contribution in [-0.2, 0) is 9.59 Å². The molecule has 3 aliphatic rings. The number of allylic oxidation sites excluding steroid dienone is 4. The second kappa shape index (κ2) is 8.11. The van der Waals surface area contributed by atoms with Crippen molar-refractivity contribution in [3.05, 3.63) is 59.7 Å². The Balaban J connectivity index is 1.56. The third-order valence-corrected chi connectivity index (χ3v) is 7.50. The highest BCUT2D eigenvalue weighted by Crippen LogP contribution is 2.50. The standard InChI is InChI=1S/C26H30N6O2/c1-14(2)18-11-30-24(33)23(18)20-12-27-13-22(31-20)32-21-8-16(17-9-28-15(3)29-10-17)6-7-19(21)26(4,5)25(32)34/h6,8-10,12-14,18-19,23H,7,11H2,1-5H3,(H,30,33)/t18?,19?,23-/m0/s1. The number of carbonyl (C=O) groups is 2. The summed E-state index contributed by atoms with van der Waals surface area (Å²) in [6.45, 7) is 10.7. The van der Waals surface area contributed by atoms with E-state index >= 15 is 0 Å². The Labute approximate surface area is 199 Å². The molecular weight excluding hydrogens is 428 g/mol. The number of amides is 2. The normalized spacial score (nSPS) is 25.8. The summed E-state index contributed by atoms with van der Waals surface area (Å²) in [4.78, 5) is 45.9. The first-order valence-corrected chi connectivity index (χ1v) is 11.8. The van der Waals surface area contributed by atoms with E-state index in [1.807, 2.05) is 39.2 Å². The molecule has 2 aromatic heterocycles. The van der Waals surface area contributed by atoms with Gasteiger partial charge in [-0.05, 0) is 36.8 Å². The minimum atomic E-state index is -0.583. The molecule has 1 aliphatic carbocycles. The molecule has 0 spiro atoms. The lowest BCUT2D eigenvalue weighted by Gasteiger charge is -2.26. The van der Waals surface area contributed by atoms with Crippen LogP contribution in [0.1, 0.15) is 57.1 Å². The van der Waals surface area contributed by atoms with Crippen molar-refractivity contribution < 1.29 is 9.59 Å². The summed E-state index contributed by atoms with van der Waals surface area (Å²) < 4.78 is 0. The molecule has 5 rings (SSSR count). The maximum Gasteiger partial charge on any atom is 0.238 e. The average molecular weight is 459 g/mol. The van der Waals surface area contributed by atoms with Gasteiger partial charge < -0.3 is 5.32 Å². The lowest BCUT2D eigenvalue weighted by atomic mass is 9.75. The number of hydrogen-bond acceptors (Lipinski definition) is 6. The monoisotopic (exact) mass is 458 g/mol. The van der Waals surface area contributed by atoms with Gasteiger partial charge in [-0.2, -0.15) is 0 Å². The largest absolute Gasteiger partial charge is 0.355 e. The van der Waals surface area contributed by atoms with Gasteiger partial charge in [0.15, 0.2) is 5.82 Å². The van der Waals surface area contributed by atoms with Crippen LogP contribution in [0.5, 0.6) is 0 Å². The van der Waals surface area contributed by atoms with Gasteiger partial charge >= 0.3 is 0 Å². The number of rotatable bonds is 4. The third-order valence-electron chi connectivity index (χ3n) is 7.50. The van der Waals surface area contributed by atoms with Gasteiger partial charge in [0.2, 0.25) is 11.8 Å². The lowest BCUT2D eigenvalue weighted by Crippen LogP contribution is -2.32. The summed E-state index contributed by atoms with van der Waals surface area (Å²) in [6, 6.07) is 0. The Hall–Kier alpha value is -3.42. The van der Waals surface area contributed by atoms with Crippen molar-refractivity contribution in [1.29, 1.82) is 0 Å². The van der Waals surface area contributed by atoms with E-state index in [0.717, 1.165) is 23.3 Å². The van der Waals surface area contributed by atoms with Crippen molar-refractivity contribution in [3.63, 3.8) is 0 Å². The zero-order chi connectivity index (χ0) is 24.2. The lowest BCUT2D eigenvalue weighted by molar-refractivity contribution is -0.125. The second-order valence-electron chi connectivity index (χ2n) is 10.3. The molecule has 2 aromatic rings. The molecule has 1 N–H and O–H groups in total. The number of anilines is 1. The summed E-state index contributed by atoms with van der Waals surface area (Å²) >= 11 is 0. The zero-order valence-electron chi connectivity index (χ0n) is 20.2. The minimum Gasteiger partial charge on any atom is -0.355 e. The molecule has 34 heavy (non-hydrogen) atoms. The number of fused-ring (bicyclic) bond motifs is 1. The Kier molecular flexibility index (Phi) is 5.34. The van der Waals surface area contributed by atoms with Crippen LogP contribution in [0.4, 0.5) is 5.82 Å². The number of hydrogen-bond donors (Lipinski definition) is 1. The maximum atomic E-state index is 13.6. The van der Waals surface area contributed by atoms with Crippen molar-refractivity contribution in [3.8, 4) is 0 Å². The summed E-state index contributed by atoms with van der Waals surface area (Å²) in [5.41, 5.74) is 2.83. The third kappa shape index (κ3) is 3.52. The van der Waals surface area contributed by atoms with Gasteiger partial charge in [0.25, 0.3) is 0 Å². The van der Waals surface area contributed by atoms with E-state index in [-0.39, 0.29) is 29.6 Å². The zero-order valence-corrected chi connectivity index (χ0v) is 20.2. The van der Waals surface area contributed by atoms with E-state index in [4.69, 9.17) is 4.98 Å². The Morgan fingerprint density at radius 2 is 1.85 bits per heavy atom. The Bertz CT molecular complexity index is 1210. The van der Waals surface area contributed by atoms with Crippen molar-refractivity contribution in [2.24, 2.45) is 23.2 Å². The van der Waals surface area contributed by atoms with Crippen LogP contribution in [0.25, 0.3) is 5.57 Å². The van der Waals surface area contributed by atoms with E-state index in [9.17, 15) is 9.59 Å². The fourth-order valence-electron chi connectivity index (χ4n) is 5.35. The van der Waals surface area contributed by atoms with E-state index in [0.29, 0.717) is 29.8 Å². The molecule has 2 amide bonds. The maximum absolute atomic E-state index is 13.6. The van der Waals surface area contributed by atoms with E-state index < -0.39 is 5.41 Å². The molecule has 2 saturated heterocycles. The van der Waals surface area contributed by atoms with Crippen LogP contribution in [0.2, 0.25) is 0 Å². The first-order chi connectivity index (χ1) is 16.2. The quantitative estimate of drug-likeness (QED) is 0.753. The van der Waals surface area contributed by atoms with Crippen molar-refractivity contribution in [2.45, 2.75) is 47.0 Å². The van der Waals surface area contributed by atoms with Gasteiger partial charge in [-0.1, -0.05) is 33.8 Å². The first kappa shape index (κ1) is 22.4. The van der Waals surface area contributed by atoms with Crippen molar-refractivity contribution in [2.75, 3.05) is 11.4 Å². The smallest absolute Gasteiger partial charge is 0.238 e. The van der Waals surface area contributed by atoms with E-state index in [1.54, 1.807) is 17.3 Å². The first-order valence-electron chi connectivity index (χ1n) is 11.8. The van der Waals surface area contributed by atoms with Crippen LogP contribution in [0.15, 0.2) is 42.6 Å². The number of nitrogens with one attached hydrogen (secondary N) is 1. The Morgan fingerprint density at radius 3 is 2.56 bits per heavy atom. The van der Waals surface area contributed by atoms with Gasteiger partial charge in [0, 0.05) is 42.3 Å². The van der Waals surface area contributed by atoms with Gasteiger partial charge in [-0.15, -0.1) is 0 Å². The summed E-state index contributed by atoms with van der Waals surface area (Å²) in [6.07, 6.45) is 11.8. The molecular formula is C26H30N6O2. The van der Waals surface area contributed by atoms with Gasteiger partial charge in [0.1, 0.15) is 5.82 Å². The second-order valence-corrected chi connectivity index (χ2v) is 10.3. The van der Waals surface area contributed by atoms with Crippen LogP contribution in [-0.4, -0.2) is 38.3 Å². The van der Waals surface area contributed by atoms with Crippen molar-refractivity contribution >= 4 is 23.2 Å². The van der Waals surface area contributed by atoms with Crippen LogP contribution >= 0.6 is 0 Å². The van der Waals surface area contributed by atoms with Gasteiger partial charge in [-0.25, -0.2) is 15.0 Å².